The highest BCUT2D eigenvalue weighted by Crippen LogP contribution is 2.25. The summed E-state index contributed by atoms with van der Waals surface area (Å²) < 4.78 is 2.18. The Morgan fingerprint density at radius 2 is 1.80 bits per heavy atom. The largest absolute Gasteiger partial charge is 0.370 e. The lowest BCUT2D eigenvalue weighted by Gasteiger charge is -2.22. The number of para-hydroxylation sites is 2. The Kier molecular flexibility index (Phi) is 7.52. The van der Waals surface area contributed by atoms with E-state index in [0.29, 0.717) is 19.0 Å². The third-order valence-corrected chi connectivity index (χ3v) is 5.65. The van der Waals surface area contributed by atoms with Crippen molar-refractivity contribution in [2.24, 2.45) is 11.7 Å². The zero-order chi connectivity index (χ0) is 21.5. The molecule has 1 aromatic heterocycles. The highest BCUT2D eigenvalue weighted by atomic mass is 32.2. The Hall–Kier alpha value is -2.80. The number of nitrogens with zero attached hydrogens (tertiary/aromatic N) is 3. The van der Waals surface area contributed by atoms with E-state index >= 15 is 0 Å². The molecular weight excluding hydrogens is 396 g/mol. The van der Waals surface area contributed by atoms with E-state index in [0.717, 1.165) is 28.3 Å². The van der Waals surface area contributed by atoms with Crippen LogP contribution in [0.2, 0.25) is 0 Å². The van der Waals surface area contributed by atoms with Crippen LogP contribution < -0.4 is 5.73 Å². The predicted molar refractivity (Wildman–Crippen MR) is 121 cm³/mol. The van der Waals surface area contributed by atoms with Gasteiger partial charge in [0.15, 0.2) is 5.16 Å². The first-order valence-corrected chi connectivity index (χ1v) is 11.1. The molecule has 3 aromatic rings. The number of benzene rings is 2. The summed E-state index contributed by atoms with van der Waals surface area (Å²) in [5, 5.41) is 0.841. The van der Waals surface area contributed by atoms with E-state index in [1.54, 1.807) is 4.90 Å². The monoisotopic (exact) mass is 424 g/mol. The summed E-state index contributed by atoms with van der Waals surface area (Å²) in [4.78, 5) is 30.7. The molecule has 6 nitrogen and oxygen atoms in total. The van der Waals surface area contributed by atoms with Gasteiger partial charge in [0, 0.05) is 26.1 Å². The van der Waals surface area contributed by atoms with Crippen LogP contribution in [-0.4, -0.2) is 38.6 Å². The van der Waals surface area contributed by atoms with Gasteiger partial charge >= 0.3 is 0 Å². The van der Waals surface area contributed by atoms with Crippen molar-refractivity contribution in [2.45, 2.75) is 38.5 Å². The molecular formula is C23H28N4O2S. The highest BCUT2D eigenvalue weighted by Gasteiger charge is 2.18. The third-order valence-electron chi connectivity index (χ3n) is 4.69. The normalized spacial score (nSPS) is 11.2. The van der Waals surface area contributed by atoms with Crippen molar-refractivity contribution in [1.82, 2.24) is 14.5 Å². The second kappa shape index (κ2) is 10.3. The first-order chi connectivity index (χ1) is 14.4. The number of hydrogen-bond donors (Lipinski definition) is 1. The van der Waals surface area contributed by atoms with Gasteiger partial charge in [0.25, 0.3) is 0 Å². The minimum atomic E-state index is -0.410. The van der Waals surface area contributed by atoms with Crippen molar-refractivity contribution >= 4 is 34.6 Å². The second-order valence-corrected chi connectivity index (χ2v) is 8.64. The van der Waals surface area contributed by atoms with Gasteiger partial charge in [-0.25, -0.2) is 4.98 Å². The zero-order valence-corrected chi connectivity index (χ0v) is 18.3. The van der Waals surface area contributed by atoms with Gasteiger partial charge in [-0.3, -0.25) is 9.59 Å². The molecule has 2 amide bonds. The fraction of sp³-hybridized carbons (Fsp3) is 0.348. The molecule has 3 rings (SSSR count). The van der Waals surface area contributed by atoms with Crippen LogP contribution in [0.1, 0.15) is 25.8 Å². The molecule has 0 fully saturated rings. The van der Waals surface area contributed by atoms with Crippen LogP contribution in [0.5, 0.6) is 0 Å². The summed E-state index contributed by atoms with van der Waals surface area (Å²) in [6.07, 6.45) is 0.148. The minimum absolute atomic E-state index is 0.0340. The average molecular weight is 425 g/mol. The highest BCUT2D eigenvalue weighted by molar-refractivity contribution is 7.99. The molecule has 0 saturated carbocycles. The van der Waals surface area contributed by atoms with Crippen molar-refractivity contribution in [3.05, 3.63) is 60.2 Å². The lowest BCUT2D eigenvalue weighted by molar-refractivity contribution is -0.129. The molecule has 0 atom stereocenters. The molecule has 158 valence electrons. The topological polar surface area (TPSA) is 81.2 Å². The number of thioether (sulfide) groups is 1. The standard InChI is InChI=1S/C23H28N4O2S/c1-17(2)14-27-20-11-7-6-10-19(20)25-23(27)30-16-22(29)26(13-12-21(24)28)15-18-8-4-3-5-9-18/h3-11,17H,12-16H2,1-2H3,(H2,24,28). The third kappa shape index (κ3) is 5.86. The molecule has 30 heavy (non-hydrogen) atoms. The van der Waals surface area contributed by atoms with Gasteiger partial charge in [0.2, 0.25) is 11.8 Å². The Bertz CT molecular complexity index is 1000. The number of aromatic nitrogens is 2. The summed E-state index contributed by atoms with van der Waals surface area (Å²) in [6.45, 7) is 5.94. The van der Waals surface area contributed by atoms with Crippen LogP contribution in [0, 0.1) is 5.92 Å². The molecule has 0 spiro atoms. The van der Waals surface area contributed by atoms with E-state index < -0.39 is 5.91 Å². The van der Waals surface area contributed by atoms with Crippen LogP contribution in [0.4, 0.5) is 0 Å². The lowest BCUT2D eigenvalue weighted by Crippen LogP contribution is -2.34. The number of hydrogen-bond acceptors (Lipinski definition) is 4. The fourth-order valence-corrected chi connectivity index (χ4v) is 4.19. The van der Waals surface area contributed by atoms with E-state index in [4.69, 9.17) is 10.7 Å². The van der Waals surface area contributed by atoms with Crippen molar-refractivity contribution < 1.29 is 9.59 Å². The van der Waals surface area contributed by atoms with E-state index in [9.17, 15) is 9.59 Å². The van der Waals surface area contributed by atoms with Gasteiger partial charge < -0.3 is 15.2 Å². The molecule has 0 radical (unpaired) electrons. The number of primary amides is 1. The van der Waals surface area contributed by atoms with Gasteiger partial charge in [-0.05, 0) is 23.6 Å². The van der Waals surface area contributed by atoms with E-state index in [1.807, 2.05) is 48.5 Å². The molecule has 0 aliphatic heterocycles. The second-order valence-electron chi connectivity index (χ2n) is 7.69. The summed E-state index contributed by atoms with van der Waals surface area (Å²) in [5.74, 6) is 0.274. The number of rotatable bonds is 10. The van der Waals surface area contributed by atoms with Gasteiger partial charge in [-0.2, -0.15) is 0 Å². The molecule has 1 heterocycles. The summed E-state index contributed by atoms with van der Waals surface area (Å²) in [5.41, 5.74) is 8.35. The Morgan fingerprint density at radius 3 is 2.50 bits per heavy atom. The number of nitrogens with two attached hydrogens (primary N) is 1. The van der Waals surface area contributed by atoms with Crippen molar-refractivity contribution in [1.29, 1.82) is 0 Å². The molecule has 0 aliphatic rings. The zero-order valence-electron chi connectivity index (χ0n) is 17.5. The molecule has 2 N–H and O–H groups in total. The quantitative estimate of drug-likeness (QED) is 0.503. The SMILES string of the molecule is CC(C)Cn1c(SCC(=O)N(CCC(N)=O)Cc2ccccc2)nc2ccccc21. The Balaban J connectivity index is 1.74. The maximum atomic E-state index is 13.0. The van der Waals surface area contributed by atoms with Gasteiger partial charge in [-0.1, -0.05) is 68.1 Å². The van der Waals surface area contributed by atoms with E-state index in [-0.39, 0.29) is 18.1 Å². The van der Waals surface area contributed by atoms with Crippen LogP contribution in [0.3, 0.4) is 0 Å². The van der Waals surface area contributed by atoms with E-state index in [2.05, 4.69) is 24.5 Å². The Labute approximate surface area is 181 Å². The number of carbonyl (C=O) groups excluding carboxylic acids is 2. The number of amides is 2. The molecule has 2 aromatic carbocycles. The Morgan fingerprint density at radius 1 is 1.10 bits per heavy atom. The number of fused-ring (bicyclic) bond motifs is 1. The summed E-state index contributed by atoms with van der Waals surface area (Å²) in [7, 11) is 0. The maximum Gasteiger partial charge on any atom is 0.233 e. The maximum absolute atomic E-state index is 13.0. The number of imidazole rings is 1. The molecule has 7 heteroatoms. The fourth-order valence-electron chi connectivity index (χ4n) is 3.26. The smallest absolute Gasteiger partial charge is 0.233 e. The lowest BCUT2D eigenvalue weighted by atomic mass is 10.2. The summed E-state index contributed by atoms with van der Waals surface area (Å²) in [6, 6.07) is 17.8. The van der Waals surface area contributed by atoms with Crippen LogP contribution in [0.25, 0.3) is 11.0 Å². The number of carbonyl (C=O) groups is 2. The van der Waals surface area contributed by atoms with Crippen molar-refractivity contribution in [3.8, 4) is 0 Å². The van der Waals surface area contributed by atoms with Gasteiger partial charge in [-0.15, -0.1) is 0 Å². The molecule has 0 saturated heterocycles. The summed E-state index contributed by atoms with van der Waals surface area (Å²) >= 11 is 1.44. The van der Waals surface area contributed by atoms with Gasteiger partial charge in [0.05, 0.1) is 16.8 Å². The molecule has 0 aliphatic carbocycles. The van der Waals surface area contributed by atoms with Crippen molar-refractivity contribution in [3.63, 3.8) is 0 Å². The molecule has 0 bridgehead atoms. The van der Waals surface area contributed by atoms with Crippen LogP contribution in [-0.2, 0) is 22.7 Å². The average Bonchev–Trinajstić information content (AvgIpc) is 3.07. The first-order valence-electron chi connectivity index (χ1n) is 10.1. The van der Waals surface area contributed by atoms with Crippen LogP contribution >= 0.6 is 11.8 Å². The van der Waals surface area contributed by atoms with Gasteiger partial charge in [0.1, 0.15) is 0 Å². The van der Waals surface area contributed by atoms with Crippen LogP contribution in [0.15, 0.2) is 59.8 Å². The van der Waals surface area contributed by atoms with E-state index in [1.165, 1.54) is 11.8 Å². The first kappa shape index (κ1) is 21.9. The predicted octanol–water partition coefficient (Wildman–Crippen LogP) is 3.69. The molecule has 0 unspecified atom stereocenters. The minimum Gasteiger partial charge on any atom is -0.370 e. The van der Waals surface area contributed by atoms with Crippen molar-refractivity contribution in [2.75, 3.05) is 12.3 Å².